The Bertz CT molecular complexity index is 326. The third kappa shape index (κ3) is 3.67. The van der Waals surface area contributed by atoms with Crippen LogP contribution in [0.25, 0.3) is 0 Å². The number of amides is 1. The summed E-state index contributed by atoms with van der Waals surface area (Å²) in [7, 11) is 0. The van der Waals surface area contributed by atoms with Gasteiger partial charge in [0.15, 0.2) is 0 Å². The number of rotatable bonds is 4. The van der Waals surface area contributed by atoms with Gasteiger partial charge in [0, 0.05) is 5.92 Å². The van der Waals surface area contributed by atoms with Gasteiger partial charge in [-0.2, -0.15) is 0 Å². The summed E-state index contributed by atoms with van der Waals surface area (Å²) in [6.45, 7) is 8.41. The van der Waals surface area contributed by atoms with Crippen molar-refractivity contribution in [3.8, 4) is 0 Å². The topological polar surface area (TPSA) is 55.1 Å². The van der Waals surface area contributed by atoms with Gasteiger partial charge in [-0.1, -0.05) is 52.8 Å². The average Bonchev–Trinajstić information content (AvgIpc) is 2.23. The SMILES string of the molecule is CC(C)C(NC(=O)C1CCCCC1(C)C)C(N)=S. The zero-order valence-corrected chi connectivity index (χ0v) is 12.8. The minimum Gasteiger partial charge on any atom is -0.392 e. The van der Waals surface area contributed by atoms with Crippen LogP contribution in [0.5, 0.6) is 0 Å². The number of nitrogens with two attached hydrogens (primary N) is 1. The molecule has 1 amide bonds. The molecule has 1 rings (SSSR count). The first-order valence-electron chi connectivity index (χ1n) is 6.85. The maximum Gasteiger partial charge on any atom is 0.224 e. The van der Waals surface area contributed by atoms with Crippen LogP contribution in [0.2, 0.25) is 0 Å². The van der Waals surface area contributed by atoms with Crippen LogP contribution in [-0.4, -0.2) is 16.9 Å². The number of carbonyl (C=O) groups is 1. The standard InChI is InChI=1S/C14H26N2OS/c1-9(2)11(12(15)18)16-13(17)10-7-5-6-8-14(10,3)4/h9-11H,5-8H2,1-4H3,(H2,15,18)(H,16,17). The summed E-state index contributed by atoms with van der Waals surface area (Å²) < 4.78 is 0. The number of thiocarbonyl (C=S) groups is 1. The lowest BCUT2D eigenvalue weighted by Crippen LogP contribution is -2.51. The minimum absolute atomic E-state index is 0.0834. The van der Waals surface area contributed by atoms with Crippen molar-refractivity contribution in [3.63, 3.8) is 0 Å². The Labute approximate surface area is 116 Å². The zero-order chi connectivity index (χ0) is 13.9. The Kier molecular flexibility index (Phi) is 5.14. The van der Waals surface area contributed by atoms with Crippen LogP contribution in [0.4, 0.5) is 0 Å². The second kappa shape index (κ2) is 6.00. The van der Waals surface area contributed by atoms with Crippen molar-refractivity contribution < 1.29 is 4.79 Å². The van der Waals surface area contributed by atoms with Gasteiger partial charge in [-0.05, 0) is 24.2 Å². The van der Waals surface area contributed by atoms with Gasteiger partial charge in [0.05, 0.1) is 11.0 Å². The van der Waals surface area contributed by atoms with E-state index in [1.54, 1.807) is 0 Å². The highest BCUT2D eigenvalue weighted by atomic mass is 32.1. The lowest BCUT2D eigenvalue weighted by atomic mass is 9.68. The molecule has 0 saturated heterocycles. The third-order valence-corrected chi connectivity index (χ3v) is 4.35. The fourth-order valence-corrected chi connectivity index (χ4v) is 3.13. The maximum atomic E-state index is 12.4. The van der Waals surface area contributed by atoms with E-state index in [0.29, 0.717) is 4.99 Å². The van der Waals surface area contributed by atoms with Gasteiger partial charge in [0.1, 0.15) is 0 Å². The minimum atomic E-state index is -0.190. The fraction of sp³-hybridized carbons (Fsp3) is 0.857. The van der Waals surface area contributed by atoms with Gasteiger partial charge in [-0.3, -0.25) is 4.79 Å². The Hall–Kier alpha value is -0.640. The molecule has 0 aromatic rings. The van der Waals surface area contributed by atoms with Crippen molar-refractivity contribution in [1.82, 2.24) is 5.32 Å². The summed E-state index contributed by atoms with van der Waals surface area (Å²) >= 11 is 5.03. The van der Waals surface area contributed by atoms with Crippen molar-refractivity contribution in [2.24, 2.45) is 23.0 Å². The molecule has 0 aromatic heterocycles. The van der Waals surface area contributed by atoms with Crippen molar-refractivity contribution in [1.29, 1.82) is 0 Å². The first-order valence-corrected chi connectivity index (χ1v) is 7.26. The van der Waals surface area contributed by atoms with Gasteiger partial charge in [-0.25, -0.2) is 0 Å². The Morgan fingerprint density at radius 2 is 2.00 bits per heavy atom. The lowest BCUT2D eigenvalue weighted by molar-refractivity contribution is -0.130. The molecule has 0 aromatic carbocycles. The predicted octanol–water partition coefficient (Wildman–Crippen LogP) is 2.63. The number of carbonyl (C=O) groups excluding carboxylic acids is 1. The highest BCUT2D eigenvalue weighted by Gasteiger charge is 2.38. The highest BCUT2D eigenvalue weighted by molar-refractivity contribution is 7.80. The Morgan fingerprint density at radius 3 is 2.44 bits per heavy atom. The highest BCUT2D eigenvalue weighted by Crippen LogP contribution is 2.40. The molecule has 3 N–H and O–H groups in total. The molecule has 3 nitrogen and oxygen atoms in total. The molecule has 1 saturated carbocycles. The zero-order valence-electron chi connectivity index (χ0n) is 12.0. The van der Waals surface area contributed by atoms with Crippen LogP contribution in [0, 0.1) is 17.3 Å². The van der Waals surface area contributed by atoms with Gasteiger partial charge >= 0.3 is 0 Å². The molecule has 18 heavy (non-hydrogen) atoms. The quantitative estimate of drug-likeness (QED) is 0.772. The molecule has 2 atom stereocenters. The van der Waals surface area contributed by atoms with E-state index >= 15 is 0 Å². The molecule has 104 valence electrons. The maximum absolute atomic E-state index is 12.4. The van der Waals surface area contributed by atoms with Crippen molar-refractivity contribution >= 4 is 23.1 Å². The summed E-state index contributed by atoms with van der Waals surface area (Å²) in [5.74, 6) is 0.436. The first kappa shape index (κ1) is 15.4. The van der Waals surface area contributed by atoms with E-state index in [-0.39, 0.29) is 29.2 Å². The Morgan fingerprint density at radius 1 is 1.39 bits per heavy atom. The first-order chi connectivity index (χ1) is 8.25. The van der Waals surface area contributed by atoms with E-state index in [9.17, 15) is 4.79 Å². The van der Waals surface area contributed by atoms with Crippen molar-refractivity contribution in [2.75, 3.05) is 0 Å². The largest absolute Gasteiger partial charge is 0.392 e. The van der Waals surface area contributed by atoms with E-state index in [1.807, 2.05) is 13.8 Å². The van der Waals surface area contributed by atoms with Crippen molar-refractivity contribution in [2.45, 2.75) is 59.4 Å². The summed E-state index contributed by atoms with van der Waals surface area (Å²) in [6, 6.07) is -0.190. The van der Waals surface area contributed by atoms with Gasteiger partial charge in [-0.15, -0.1) is 0 Å². The molecule has 2 unspecified atom stereocenters. The molecule has 0 aliphatic heterocycles. The second-order valence-electron chi connectivity index (χ2n) is 6.42. The van der Waals surface area contributed by atoms with Crippen LogP contribution < -0.4 is 11.1 Å². The van der Waals surface area contributed by atoms with E-state index in [2.05, 4.69) is 19.2 Å². The number of hydrogen-bond donors (Lipinski definition) is 2. The Balaban J connectivity index is 2.71. The smallest absolute Gasteiger partial charge is 0.224 e. The summed E-state index contributed by atoms with van der Waals surface area (Å²) in [4.78, 5) is 12.8. The van der Waals surface area contributed by atoms with E-state index < -0.39 is 0 Å². The van der Waals surface area contributed by atoms with E-state index in [0.717, 1.165) is 19.3 Å². The molecule has 1 aliphatic carbocycles. The molecular formula is C14H26N2OS. The molecule has 1 aliphatic rings. The van der Waals surface area contributed by atoms with Gasteiger partial charge in [0.25, 0.3) is 0 Å². The molecule has 0 spiro atoms. The van der Waals surface area contributed by atoms with Crippen LogP contribution in [0.3, 0.4) is 0 Å². The molecule has 0 bridgehead atoms. The molecule has 0 heterocycles. The van der Waals surface area contributed by atoms with Crippen LogP contribution in [-0.2, 0) is 4.79 Å². The number of hydrogen-bond acceptors (Lipinski definition) is 2. The molecule has 4 heteroatoms. The van der Waals surface area contributed by atoms with E-state index in [1.165, 1.54) is 6.42 Å². The summed E-state index contributed by atoms with van der Waals surface area (Å²) in [5, 5.41) is 3.04. The average molecular weight is 270 g/mol. The van der Waals surface area contributed by atoms with Crippen LogP contribution in [0.15, 0.2) is 0 Å². The van der Waals surface area contributed by atoms with Gasteiger partial charge < -0.3 is 11.1 Å². The monoisotopic (exact) mass is 270 g/mol. The summed E-state index contributed by atoms with van der Waals surface area (Å²) in [5.41, 5.74) is 5.78. The predicted molar refractivity (Wildman–Crippen MR) is 79.3 cm³/mol. The number of nitrogens with one attached hydrogen (secondary N) is 1. The lowest BCUT2D eigenvalue weighted by Gasteiger charge is -2.38. The second-order valence-corrected chi connectivity index (χ2v) is 6.89. The van der Waals surface area contributed by atoms with Gasteiger partial charge in [0.2, 0.25) is 5.91 Å². The van der Waals surface area contributed by atoms with Crippen LogP contribution in [0.1, 0.15) is 53.4 Å². The third-order valence-electron chi connectivity index (χ3n) is 4.09. The van der Waals surface area contributed by atoms with Crippen LogP contribution >= 0.6 is 12.2 Å². The fourth-order valence-electron chi connectivity index (χ4n) is 2.80. The normalized spacial score (nSPS) is 24.6. The molecule has 1 fully saturated rings. The molecule has 0 radical (unpaired) electrons. The summed E-state index contributed by atoms with van der Waals surface area (Å²) in [6.07, 6.45) is 4.45. The van der Waals surface area contributed by atoms with E-state index in [4.69, 9.17) is 18.0 Å². The van der Waals surface area contributed by atoms with Crippen molar-refractivity contribution in [3.05, 3.63) is 0 Å². The molecular weight excluding hydrogens is 244 g/mol.